The molecule has 8 nitrogen and oxygen atoms in total. The first-order chi connectivity index (χ1) is 16.5. The third-order valence-corrected chi connectivity index (χ3v) is 6.41. The summed E-state index contributed by atoms with van der Waals surface area (Å²) in [5.74, 6) is -0.315. The predicted octanol–water partition coefficient (Wildman–Crippen LogP) is 3.38. The van der Waals surface area contributed by atoms with E-state index < -0.39 is 29.3 Å². The van der Waals surface area contributed by atoms with Gasteiger partial charge in [-0.1, -0.05) is 6.92 Å². The number of fused-ring (bicyclic) bond motifs is 1. The molecule has 2 aromatic heterocycles. The number of nitrogen functional groups attached to an aromatic ring is 1. The van der Waals surface area contributed by atoms with Gasteiger partial charge in [0.25, 0.3) is 5.56 Å². The lowest BCUT2D eigenvalue weighted by atomic mass is 10.0. The van der Waals surface area contributed by atoms with Gasteiger partial charge in [0.05, 0.1) is 11.6 Å². The second-order valence-electron chi connectivity index (χ2n) is 8.67. The number of pyridine rings is 1. The van der Waals surface area contributed by atoms with Crippen molar-refractivity contribution in [1.82, 2.24) is 19.7 Å². The number of nitrogens with zero attached hydrogens (tertiary/aromatic N) is 5. The van der Waals surface area contributed by atoms with Gasteiger partial charge in [-0.25, -0.2) is 0 Å². The van der Waals surface area contributed by atoms with Crippen LogP contribution in [0.2, 0.25) is 0 Å². The van der Waals surface area contributed by atoms with Gasteiger partial charge in [0.15, 0.2) is 5.82 Å². The molecule has 0 unspecified atom stereocenters. The second kappa shape index (κ2) is 9.33. The number of aromatic nitrogens is 3. The van der Waals surface area contributed by atoms with E-state index in [-0.39, 0.29) is 27.8 Å². The van der Waals surface area contributed by atoms with Crippen LogP contribution < -0.4 is 21.5 Å². The van der Waals surface area contributed by atoms with Gasteiger partial charge in [-0.15, -0.1) is 10.2 Å². The molecule has 35 heavy (non-hydrogen) atoms. The lowest BCUT2D eigenvalue weighted by molar-refractivity contribution is -0.137. The summed E-state index contributed by atoms with van der Waals surface area (Å²) in [6, 6.07) is 4.25. The van der Waals surface area contributed by atoms with Gasteiger partial charge in [0.1, 0.15) is 11.2 Å². The average molecular weight is 494 g/mol. The van der Waals surface area contributed by atoms with E-state index >= 15 is 0 Å². The first-order valence-electron chi connectivity index (χ1n) is 11.3. The molecular formula is C23H27F4N7O. The fourth-order valence-electron chi connectivity index (χ4n) is 4.35. The van der Waals surface area contributed by atoms with E-state index in [1.807, 2.05) is 4.90 Å². The lowest BCUT2D eigenvalue weighted by Gasteiger charge is -2.36. The van der Waals surface area contributed by atoms with E-state index in [9.17, 15) is 22.4 Å². The number of hydrogen-bond acceptors (Lipinski definition) is 7. The molecule has 0 amide bonds. The van der Waals surface area contributed by atoms with E-state index in [0.717, 1.165) is 31.8 Å². The smallest absolute Gasteiger partial charge is 0.399 e. The van der Waals surface area contributed by atoms with Crippen LogP contribution in [0.15, 0.2) is 29.1 Å². The van der Waals surface area contributed by atoms with Crippen molar-refractivity contribution in [2.24, 2.45) is 7.05 Å². The summed E-state index contributed by atoms with van der Waals surface area (Å²) in [4.78, 5) is 17.4. The van der Waals surface area contributed by atoms with Crippen molar-refractivity contribution in [1.29, 1.82) is 0 Å². The molecule has 1 aromatic carbocycles. The molecule has 1 aliphatic rings. The van der Waals surface area contributed by atoms with Crippen molar-refractivity contribution >= 4 is 28.1 Å². The van der Waals surface area contributed by atoms with Crippen molar-refractivity contribution in [3.05, 3.63) is 51.7 Å². The van der Waals surface area contributed by atoms with Crippen LogP contribution >= 0.6 is 0 Å². The van der Waals surface area contributed by atoms with Gasteiger partial charge in [0, 0.05) is 44.3 Å². The zero-order valence-corrected chi connectivity index (χ0v) is 19.7. The standard InChI is InChI=1S/C23H27F4N7O/c1-4-33-5-7-34(8-6-33)18-12-17-19(22(35)32(18)3)20(24)30-31-21(17)29-13(2)14-9-15(23(25,26)27)11-16(28)10-14/h9-13H,4-8,28H2,1-3H3,(H,29,31)/t13-/m1/s1. The number of benzene rings is 1. The van der Waals surface area contributed by atoms with E-state index in [1.165, 1.54) is 10.6 Å². The van der Waals surface area contributed by atoms with Crippen LogP contribution in [0, 0.1) is 5.95 Å². The number of likely N-dealkylation sites (N-methyl/N-ethyl adjacent to an activating group) is 1. The summed E-state index contributed by atoms with van der Waals surface area (Å²) in [6.45, 7) is 7.66. The molecule has 1 saturated heterocycles. The highest BCUT2D eigenvalue weighted by molar-refractivity contribution is 5.93. The Morgan fingerprint density at radius 1 is 1.11 bits per heavy atom. The number of alkyl halides is 3. The molecule has 0 bridgehead atoms. The van der Waals surface area contributed by atoms with Crippen molar-refractivity contribution in [2.45, 2.75) is 26.1 Å². The maximum atomic E-state index is 14.6. The molecule has 1 aliphatic heterocycles. The number of piperazine rings is 1. The van der Waals surface area contributed by atoms with E-state index in [1.54, 1.807) is 20.0 Å². The molecule has 188 valence electrons. The van der Waals surface area contributed by atoms with Gasteiger partial charge in [-0.05, 0) is 43.3 Å². The molecule has 4 rings (SSSR count). The minimum atomic E-state index is -4.56. The predicted molar refractivity (Wildman–Crippen MR) is 127 cm³/mol. The van der Waals surface area contributed by atoms with Crippen LogP contribution in [0.25, 0.3) is 10.8 Å². The molecule has 3 heterocycles. The van der Waals surface area contributed by atoms with Crippen molar-refractivity contribution in [2.75, 3.05) is 48.7 Å². The van der Waals surface area contributed by atoms with E-state index in [4.69, 9.17) is 5.73 Å². The molecule has 1 fully saturated rings. The molecule has 12 heteroatoms. The third-order valence-electron chi connectivity index (χ3n) is 6.41. The Hall–Kier alpha value is -3.41. The average Bonchev–Trinajstić information content (AvgIpc) is 2.81. The minimum Gasteiger partial charge on any atom is -0.399 e. The maximum absolute atomic E-state index is 14.6. The monoisotopic (exact) mass is 493 g/mol. The Labute approximate surface area is 199 Å². The van der Waals surface area contributed by atoms with Crippen LogP contribution in [0.3, 0.4) is 0 Å². The highest BCUT2D eigenvalue weighted by atomic mass is 19.4. The summed E-state index contributed by atoms with van der Waals surface area (Å²) >= 11 is 0. The summed E-state index contributed by atoms with van der Waals surface area (Å²) in [5.41, 5.74) is 4.47. The van der Waals surface area contributed by atoms with Crippen LogP contribution in [0.4, 0.5) is 34.9 Å². The maximum Gasteiger partial charge on any atom is 0.416 e. The fraction of sp³-hybridized carbons (Fsp3) is 0.435. The zero-order valence-electron chi connectivity index (χ0n) is 19.7. The Morgan fingerprint density at radius 3 is 2.43 bits per heavy atom. The van der Waals surface area contributed by atoms with Crippen molar-refractivity contribution in [3.63, 3.8) is 0 Å². The molecule has 3 N–H and O–H groups in total. The molecular weight excluding hydrogens is 466 g/mol. The second-order valence-corrected chi connectivity index (χ2v) is 8.67. The van der Waals surface area contributed by atoms with Crippen LogP contribution in [-0.4, -0.2) is 52.4 Å². The van der Waals surface area contributed by atoms with Gasteiger partial charge in [-0.3, -0.25) is 9.36 Å². The molecule has 0 radical (unpaired) electrons. The summed E-state index contributed by atoms with van der Waals surface area (Å²) < 4.78 is 55.8. The van der Waals surface area contributed by atoms with Crippen LogP contribution in [-0.2, 0) is 13.2 Å². The molecule has 1 atom stereocenters. The molecule has 3 aromatic rings. The third kappa shape index (κ3) is 4.88. The summed E-state index contributed by atoms with van der Waals surface area (Å²) in [5, 5.41) is 10.3. The number of rotatable bonds is 5. The highest BCUT2D eigenvalue weighted by Gasteiger charge is 2.31. The van der Waals surface area contributed by atoms with Gasteiger partial charge < -0.3 is 20.9 Å². The van der Waals surface area contributed by atoms with E-state index in [2.05, 4.69) is 27.3 Å². The quantitative estimate of drug-likeness (QED) is 0.416. The highest BCUT2D eigenvalue weighted by Crippen LogP contribution is 2.34. The largest absolute Gasteiger partial charge is 0.416 e. The Morgan fingerprint density at radius 2 is 1.80 bits per heavy atom. The van der Waals surface area contributed by atoms with Crippen LogP contribution in [0.1, 0.15) is 31.0 Å². The molecule has 0 saturated carbocycles. The Balaban J connectivity index is 1.75. The number of halogens is 4. The topological polar surface area (TPSA) is 92.3 Å². The number of nitrogens with one attached hydrogen (secondary N) is 1. The number of anilines is 3. The SMILES string of the molecule is CCN1CCN(c2cc3c(N[C@H](C)c4cc(N)cc(C(F)(F)F)c4)nnc(F)c3c(=O)n2C)CC1. The lowest BCUT2D eigenvalue weighted by Crippen LogP contribution is -2.47. The first kappa shape index (κ1) is 24.7. The minimum absolute atomic E-state index is 0.0408. The van der Waals surface area contributed by atoms with Gasteiger partial charge in [0.2, 0.25) is 5.95 Å². The summed E-state index contributed by atoms with van der Waals surface area (Å²) in [6.07, 6.45) is -4.56. The van der Waals surface area contributed by atoms with Crippen molar-refractivity contribution in [3.8, 4) is 0 Å². The van der Waals surface area contributed by atoms with Crippen molar-refractivity contribution < 1.29 is 17.6 Å². The van der Waals surface area contributed by atoms with Gasteiger partial charge in [-0.2, -0.15) is 17.6 Å². The molecule has 0 aliphatic carbocycles. The fourth-order valence-corrected chi connectivity index (χ4v) is 4.35. The van der Waals surface area contributed by atoms with Gasteiger partial charge >= 0.3 is 6.18 Å². The van der Waals surface area contributed by atoms with Crippen LogP contribution in [0.5, 0.6) is 0 Å². The number of hydrogen-bond donors (Lipinski definition) is 2. The normalized spacial score (nSPS) is 16.0. The molecule has 0 spiro atoms. The Bertz CT molecular complexity index is 1300. The Kier molecular flexibility index (Phi) is 6.58. The van der Waals surface area contributed by atoms with E-state index in [0.29, 0.717) is 18.9 Å². The summed E-state index contributed by atoms with van der Waals surface area (Å²) in [7, 11) is 1.57. The zero-order chi connectivity index (χ0) is 25.5. The first-order valence-corrected chi connectivity index (χ1v) is 11.3. The number of nitrogens with two attached hydrogens (primary N) is 1.